The maximum atomic E-state index is 12.0. The molecule has 1 aliphatic heterocycles. The van der Waals surface area contributed by atoms with Crippen molar-refractivity contribution in [1.29, 1.82) is 0 Å². The summed E-state index contributed by atoms with van der Waals surface area (Å²) in [4.78, 5) is 16.1. The molecule has 1 aliphatic rings. The number of amides is 1. The Morgan fingerprint density at radius 2 is 2.29 bits per heavy atom. The van der Waals surface area contributed by atoms with Crippen LogP contribution in [0.4, 0.5) is 0 Å². The van der Waals surface area contributed by atoms with Crippen LogP contribution in [0.15, 0.2) is 18.3 Å². The van der Waals surface area contributed by atoms with Crippen LogP contribution in [0.2, 0.25) is 0 Å². The van der Waals surface area contributed by atoms with E-state index in [0.717, 1.165) is 38.0 Å². The van der Waals surface area contributed by atoms with Crippen LogP contribution in [0.25, 0.3) is 0 Å². The summed E-state index contributed by atoms with van der Waals surface area (Å²) in [5.74, 6) is -0.00981. The summed E-state index contributed by atoms with van der Waals surface area (Å²) in [5.41, 5.74) is 1.58. The first-order valence-corrected chi connectivity index (χ1v) is 6.20. The lowest BCUT2D eigenvalue weighted by atomic mass is 10.1. The first kappa shape index (κ1) is 12.0. The fourth-order valence-electron chi connectivity index (χ4n) is 2.03. The topological polar surface area (TPSA) is 54.0 Å². The smallest absolute Gasteiger partial charge is 0.253 e. The zero-order valence-corrected chi connectivity index (χ0v) is 10.2. The highest BCUT2D eigenvalue weighted by atomic mass is 16.1. The fourth-order valence-corrected chi connectivity index (χ4v) is 2.03. The predicted octanol–water partition coefficient (Wildman–Crippen LogP) is 1.26. The zero-order chi connectivity index (χ0) is 12.1. The van der Waals surface area contributed by atoms with Gasteiger partial charge >= 0.3 is 0 Å². The summed E-state index contributed by atoms with van der Waals surface area (Å²) in [7, 11) is 0. The number of pyridine rings is 1. The highest BCUT2D eigenvalue weighted by Crippen LogP contribution is 2.07. The van der Waals surface area contributed by atoms with Gasteiger partial charge in [-0.25, -0.2) is 0 Å². The molecule has 2 rings (SSSR count). The number of aromatic nitrogens is 1. The molecule has 2 N–H and O–H groups in total. The number of hydrogen-bond donors (Lipinski definition) is 2. The molecule has 1 aromatic heterocycles. The molecule has 1 unspecified atom stereocenters. The Bertz CT molecular complexity index is 367. The van der Waals surface area contributed by atoms with E-state index in [9.17, 15) is 4.79 Å². The number of nitrogens with zero attached hydrogens (tertiary/aromatic N) is 1. The molecule has 17 heavy (non-hydrogen) atoms. The first-order valence-electron chi connectivity index (χ1n) is 6.20. The minimum absolute atomic E-state index is 0.00981. The van der Waals surface area contributed by atoms with Crippen molar-refractivity contribution in [3.8, 4) is 0 Å². The van der Waals surface area contributed by atoms with E-state index in [2.05, 4.69) is 15.6 Å². The van der Waals surface area contributed by atoms with Gasteiger partial charge in [-0.2, -0.15) is 0 Å². The molecule has 0 aliphatic carbocycles. The second kappa shape index (κ2) is 5.77. The fraction of sp³-hybridized carbons (Fsp3) is 0.538. The lowest BCUT2D eigenvalue weighted by Gasteiger charge is -2.15. The quantitative estimate of drug-likeness (QED) is 0.808. The molecule has 1 aromatic rings. The zero-order valence-electron chi connectivity index (χ0n) is 10.2. The standard InChI is InChI=1S/C13H19N3O/c1-10-4-5-11(9-15-10)13(17)16-12-3-2-7-14-8-6-12/h4-5,9,12,14H,2-3,6-8H2,1H3,(H,16,17). The van der Waals surface area contributed by atoms with Crippen LogP contribution in [-0.4, -0.2) is 30.0 Å². The lowest BCUT2D eigenvalue weighted by molar-refractivity contribution is 0.0933. The van der Waals surface area contributed by atoms with E-state index in [1.54, 1.807) is 6.20 Å². The Balaban J connectivity index is 1.93. The van der Waals surface area contributed by atoms with E-state index in [1.165, 1.54) is 0 Å². The van der Waals surface area contributed by atoms with Crippen LogP contribution in [-0.2, 0) is 0 Å². The highest BCUT2D eigenvalue weighted by molar-refractivity contribution is 5.94. The molecule has 1 atom stereocenters. The average Bonchev–Trinajstić information content (AvgIpc) is 2.58. The van der Waals surface area contributed by atoms with Crippen LogP contribution in [0.3, 0.4) is 0 Å². The van der Waals surface area contributed by atoms with Crippen molar-refractivity contribution in [2.45, 2.75) is 32.2 Å². The third-order valence-corrected chi connectivity index (χ3v) is 3.08. The molecule has 4 heteroatoms. The van der Waals surface area contributed by atoms with Gasteiger partial charge in [0.1, 0.15) is 0 Å². The average molecular weight is 233 g/mol. The first-order chi connectivity index (χ1) is 8.25. The number of hydrogen-bond acceptors (Lipinski definition) is 3. The summed E-state index contributed by atoms with van der Waals surface area (Å²) in [5, 5.41) is 6.41. The van der Waals surface area contributed by atoms with Gasteiger partial charge in [0, 0.05) is 17.9 Å². The Hall–Kier alpha value is -1.42. The molecule has 2 heterocycles. The number of carbonyl (C=O) groups is 1. The van der Waals surface area contributed by atoms with Crippen molar-refractivity contribution >= 4 is 5.91 Å². The van der Waals surface area contributed by atoms with Gasteiger partial charge in [-0.15, -0.1) is 0 Å². The van der Waals surface area contributed by atoms with Gasteiger partial charge in [0.15, 0.2) is 0 Å². The second-order valence-electron chi connectivity index (χ2n) is 4.54. The van der Waals surface area contributed by atoms with E-state index >= 15 is 0 Å². The molecule has 0 bridgehead atoms. The molecular weight excluding hydrogens is 214 g/mol. The van der Waals surface area contributed by atoms with Crippen LogP contribution >= 0.6 is 0 Å². The molecule has 1 fully saturated rings. The second-order valence-corrected chi connectivity index (χ2v) is 4.54. The summed E-state index contributed by atoms with van der Waals surface area (Å²) in [6.07, 6.45) is 4.82. The summed E-state index contributed by atoms with van der Waals surface area (Å²) in [6, 6.07) is 3.98. The molecule has 92 valence electrons. The van der Waals surface area contributed by atoms with Crippen molar-refractivity contribution in [1.82, 2.24) is 15.6 Å². The summed E-state index contributed by atoms with van der Waals surface area (Å²) in [6.45, 7) is 3.95. The van der Waals surface area contributed by atoms with Gasteiger partial charge in [0.2, 0.25) is 0 Å². The van der Waals surface area contributed by atoms with Crippen LogP contribution in [0.1, 0.15) is 35.3 Å². The highest BCUT2D eigenvalue weighted by Gasteiger charge is 2.15. The minimum Gasteiger partial charge on any atom is -0.349 e. The maximum Gasteiger partial charge on any atom is 0.253 e. The maximum absolute atomic E-state index is 12.0. The molecule has 0 spiro atoms. The van der Waals surface area contributed by atoms with Gasteiger partial charge in [0.05, 0.1) is 5.56 Å². The summed E-state index contributed by atoms with van der Waals surface area (Å²) < 4.78 is 0. The molecule has 4 nitrogen and oxygen atoms in total. The third-order valence-electron chi connectivity index (χ3n) is 3.08. The van der Waals surface area contributed by atoms with Crippen molar-refractivity contribution in [2.75, 3.05) is 13.1 Å². The largest absolute Gasteiger partial charge is 0.349 e. The van der Waals surface area contributed by atoms with E-state index in [1.807, 2.05) is 19.1 Å². The van der Waals surface area contributed by atoms with Crippen molar-refractivity contribution in [2.24, 2.45) is 0 Å². The number of nitrogens with one attached hydrogen (secondary N) is 2. The normalized spacial score (nSPS) is 20.6. The van der Waals surface area contributed by atoms with E-state index in [-0.39, 0.29) is 5.91 Å². The van der Waals surface area contributed by atoms with Gasteiger partial charge < -0.3 is 10.6 Å². The van der Waals surface area contributed by atoms with Crippen LogP contribution < -0.4 is 10.6 Å². The SMILES string of the molecule is Cc1ccc(C(=O)NC2CCCNCC2)cn1. The van der Waals surface area contributed by atoms with Gasteiger partial charge in [-0.1, -0.05) is 0 Å². The number of carbonyl (C=O) groups excluding carboxylic acids is 1. The molecule has 1 amide bonds. The minimum atomic E-state index is -0.00981. The molecule has 1 saturated heterocycles. The Morgan fingerprint density at radius 3 is 3.06 bits per heavy atom. The van der Waals surface area contributed by atoms with Gasteiger partial charge in [-0.05, 0) is 51.4 Å². The van der Waals surface area contributed by atoms with Crippen LogP contribution in [0.5, 0.6) is 0 Å². The number of aryl methyl sites for hydroxylation is 1. The Labute approximate surface area is 102 Å². The third kappa shape index (κ3) is 3.53. The number of rotatable bonds is 2. The molecule has 0 aromatic carbocycles. The lowest BCUT2D eigenvalue weighted by Crippen LogP contribution is -2.35. The van der Waals surface area contributed by atoms with Crippen molar-refractivity contribution < 1.29 is 4.79 Å². The van der Waals surface area contributed by atoms with Crippen molar-refractivity contribution in [3.63, 3.8) is 0 Å². The van der Waals surface area contributed by atoms with Crippen molar-refractivity contribution in [3.05, 3.63) is 29.6 Å². The van der Waals surface area contributed by atoms with E-state index in [0.29, 0.717) is 11.6 Å². The Kier molecular flexibility index (Phi) is 4.09. The molecule has 0 radical (unpaired) electrons. The monoisotopic (exact) mass is 233 g/mol. The van der Waals surface area contributed by atoms with Gasteiger partial charge in [0.25, 0.3) is 5.91 Å². The predicted molar refractivity (Wildman–Crippen MR) is 66.9 cm³/mol. The Morgan fingerprint density at radius 1 is 1.41 bits per heavy atom. The van der Waals surface area contributed by atoms with E-state index < -0.39 is 0 Å². The summed E-state index contributed by atoms with van der Waals surface area (Å²) >= 11 is 0. The van der Waals surface area contributed by atoms with Crippen LogP contribution in [0, 0.1) is 6.92 Å². The van der Waals surface area contributed by atoms with Gasteiger partial charge in [-0.3, -0.25) is 9.78 Å². The molecular formula is C13H19N3O. The molecule has 0 saturated carbocycles. The van der Waals surface area contributed by atoms with E-state index in [4.69, 9.17) is 0 Å².